The van der Waals surface area contributed by atoms with Gasteiger partial charge < -0.3 is 22.1 Å². The number of nitrogens with two attached hydrogens (primary N) is 2. The Balaban J connectivity index is 1.98. The van der Waals surface area contributed by atoms with Gasteiger partial charge in [0.2, 0.25) is 11.8 Å². The zero-order valence-electron chi connectivity index (χ0n) is 18.3. The SMILES string of the molecule is CCC(N)(CC)C(=O)Nc1nc2c(Br)c3nc(NC(=O)C(N)(CC)CC)sc3c(Cl)c2s1. The average Bonchev–Trinajstić information content (AvgIpc) is 3.41. The topological polar surface area (TPSA) is 136 Å². The highest BCUT2D eigenvalue weighted by atomic mass is 79.9. The number of benzene rings is 1. The quantitative estimate of drug-likeness (QED) is 0.297. The van der Waals surface area contributed by atoms with Crippen LogP contribution in [0.15, 0.2) is 4.47 Å². The number of aromatic nitrogens is 2. The van der Waals surface area contributed by atoms with E-state index >= 15 is 0 Å². The number of anilines is 2. The molecule has 2 heterocycles. The van der Waals surface area contributed by atoms with Gasteiger partial charge in [0.15, 0.2) is 10.3 Å². The molecule has 6 N–H and O–H groups in total. The zero-order chi connectivity index (χ0) is 23.8. The van der Waals surface area contributed by atoms with Crippen molar-refractivity contribution in [2.24, 2.45) is 11.5 Å². The van der Waals surface area contributed by atoms with Crippen LogP contribution in [0.4, 0.5) is 10.3 Å². The van der Waals surface area contributed by atoms with Crippen molar-refractivity contribution >= 4 is 92.7 Å². The molecule has 0 spiro atoms. The van der Waals surface area contributed by atoms with Gasteiger partial charge in [-0.2, -0.15) is 0 Å². The van der Waals surface area contributed by atoms with Gasteiger partial charge in [-0.3, -0.25) is 9.59 Å². The molecule has 8 nitrogen and oxygen atoms in total. The molecule has 0 unspecified atom stereocenters. The number of rotatable bonds is 8. The van der Waals surface area contributed by atoms with Gasteiger partial charge in [-0.1, -0.05) is 62.0 Å². The molecule has 3 aromatic rings. The molecule has 0 aliphatic carbocycles. The highest BCUT2D eigenvalue weighted by Gasteiger charge is 2.32. The molecule has 0 radical (unpaired) electrons. The molecule has 2 aromatic heterocycles. The van der Waals surface area contributed by atoms with E-state index in [0.717, 1.165) is 0 Å². The van der Waals surface area contributed by atoms with Crippen LogP contribution in [0.3, 0.4) is 0 Å². The maximum absolute atomic E-state index is 12.6. The van der Waals surface area contributed by atoms with E-state index < -0.39 is 11.1 Å². The monoisotopic (exact) mass is 560 g/mol. The van der Waals surface area contributed by atoms with E-state index in [1.807, 2.05) is 27.7 Å². The Kier molecular flexibility index (Phi) is 7.48. The Hall–Kier alpha value is -1.37. The molecule has 12 heteroatoms. The third-order valence-corrected chi connectivity index (χ3v) is 9.27. The fourth-order valence-corrected chi connectivity index (χ4v) is 6.27. The van der Waals surface area contributed by atoms with E-state index in [4.69, 9.17) is 23.1 Å². The number of nitrogens with one attached hydrogen (secondary N) is 2. The summed E-state index contributed by atoms with van der Waals surface area (Å²) in [5.41, 5.74) is 11.6. The minimum Gasteiger partial charge on any atom is -0.317 e. The summed E-state index contributed by atoms with van der Waals surface area (Å²) in [5, 5.41) is 6.92. The molecule has 174 valence electrons. The van der Waals surface area contributed by atoms with Crippen molar-refractivity contribution < 1.29 is 9.59 Å². The lowest BCUT2D eigenvalue weighted by Crippen LogP contribution is -2.50. The summed E-state index contributed by atoms with van der Waals surface area (Å²) in [5.74, 6) is -0.563. The van der Waals surface area contributed by atoms with Crippen molar-refractivity contribution in [1.29, 1.82) is 0 Å². The lowest BCUT2D eigenvalue weighted by atomic mass is 9.93. The van der Waals surface area contributed by atoms with Crippen LogP contribution in [0.1, 0.15) is 53.4 Å². The third kappa shape index (κ3) is 4.38. The highest BCUT2D eigenvalue weighted by Crippen LogP contribution is 2.45. The molecule has 0 saturated carbocycles. The lowest BCUT2D eigenvalue weighted by Gasteiger charge is -2.24. The zero-order valence-corrected chi connectivity index (χ0v) is 22.2. The largest absolute Gasteiger partial charge is 0.317 e. The minimum absolute atomic E-state index is 0.282. The van der Waals surface area contributed by atoms with Crippen molar-refractivity contribution in [1.82, 2.24) is 9.97 Å². The smallest absolute Gasteiger partial charge is 0.246 e. The van der Waals surface area contributed by atoms with Crippen molar-refractivity contribution in [2.45, 2.75) is 64.5 Å². The van der Waals surface area contributed by atoms with Crippen LogP contribution in [0, 0.1) is 0 Å². The number of amides is 2. The van der Waals surface area contributed by atoms with Gasteiger partial charge in [-0.15, -0.1) is 0 Å². The van der Waals surface area contributed by atoms with Crippen LogP contribution in [-0.2, 0) is 9.59 Å². The number of thiazole rings is 2. The fraction of sp³-hybridized carbons (Fsp3) is 0.500. The van der Waals surface area contributed by atoms with Crippen LogP contribution in [0.2, 0.25) is 5.02 Å². The summed E-state index contributed by atoms with van der Waals surface area (Å²) in [6, 6.07) is 0. The van der Waals surface area contributed by atoms with Crippen molar-refractivity contribution in [3.05, 3.63) is 9.50 Å². The number of halogens is 2. The van der Waals surface area contributed by atoms with Gasteiger partial charge in [0.05, 0.1) is 30.0 Å². The summed E-state index contributed by atoms with van der Waals surface area (Å²) in [4.78, 5) is 34.3. The third-order valence-electron chi connectivity index (χ3n) is 5.94. The number of hydrogen-bond donors (Lipinski definition) is 4. The van der Waals surface area contributed by atoms with Crippen LogP contribution in [0.5, 0.6) is 0 Å². The number of nitrogens with zero attached hydrogens (tertiary/aromatic N) is 2. The van der Waals surface area contributed by atoms with Crippen LogP contribution < -0.4 is 22.1 Å². The molecule has 0 aliphatic heterocycles. The summed E-state index contributed by atoms with van der Waals surface area (Å²) in [7, 11) is 0. The predicted octanol–water partition coefficient (Wildman–Crippen LogP) is 5.23. The number of carbonyl (C=O) groups excluding carboxylic acids is 2. The molecule has 0 fully saturated rings. The second kappa shape index (κ2) is 9.47. The van der Waals surface area contributed by atoms with Gasteiger partial charge in [-0.25, -0.2) is 9.97 Å². The average molecular weight is 562 g/mol. The van der Waals surface area contributed by atoms with Crippen molar-refractivity contribution in [3.63, 3.8) is 0 Å². The van der Waals surface area contributed by atoms with E-state index in [2.05, 4.69) is 36.5 Å². The molecule has 2 amide bonds. The normalized spacial score (nSPS) is 12.5. The first kappa shape index (κ1) is 25.3. The maximum atomic E-state index is 12.6. The van der Waals surface area contributed by atoms with E-state index in [1.165, 1.54) is 22.7 Å². The first-order valence-corrected chi connectivity index (χ1v) is 13.1. The predicted molar refractivity (Wildman–Crippen MR) is 138 cm³/mol. The van der Waals surface area contributed by atoms with Crippen LogP contribution >= 0.6 is 50.2 Å². The number of carbonyl (C=O) groups is 2. The Morgan fingerprint density at radius 3 is 1.53 bits per heavy atom. The van der Waals surface area contributed by atoms with Crippen LogP contribution in [0.25, 0.3) is 20.4 Å². The lowest BCUT2D eigenvalue weighted by molar-refractivity contribution is -0.122. The Morgan fingerprint density at radius 2 is 1.22 bits per heavy atom. The van der Waals surface area contributed by atoms with Crippen molar-refractivity contribution in [3.8, 4) is 0 Å². The standard InChI is InChI=1S/C20H26BrClN6O2S2/c1-5-19(23,6-2)15(29)27-17-25-11-9(21)12-14(10(22)13(11)31-17)32-18(26-12)28-16(30)20(24,7-3)8-4/h5-8,23-24H2,1-4H3,(H,25,27,29)(H,26,28,30). The first-order valence-electron chi connectivity index (χ1n) is 10.3. The number of fused-ring (bicyclic) bond motifs is 2. The molecule has 3 rings (SSSR count). The second-order valence-electron chi connectivity index (χ2n) is 7.66. The maximum Gasteiger partial charge on any atom is 0.246 e. The fourth-order valence-electron chi connectivity index (χ4n) is 3.14. The molecule has 0 saturated heterocycles. The van der Waals surface area contributed by atoms with Crippen LogP contribution in [-0.4, -0.2) is 32.9 Å². The molecular formula is C20H26BrClN6O2S2. The summed E-state index contributed by atoms with van der Waals surface area (Å²) < 4.78 is 2.04. The summed E-state index contributed by atoms with van der Waals surface area (Å²) in [6.45, 7) is 7.50. The summed E-state index contributed by atoms with van der Waals surface area (Å²) in [6.07, 6.45) is 2.05. The van der Waals surface area contributed by atoms with Gasteiger partial charge >= 0.3 is 0 Å². The Bertz CT molecular complexity index is 1040. The highest BCUT2D eigenvalue weighted by molar-refractivity contribution is 9.10. The van der Waals surface area contributed by atoms with Gasteiger partial charge in [0.1, 0.15) is 11.0 Å². The number of hydrogen-bond acceptors (Lipinski definition) is 8. The summed E-state index contributed by atoms with van der Waals surface area (Å²) >= 11 is 12.8. The van der Waals surface area contributed by atoms with E-state index in [0.29, 0.717) is 65.9 Å². The second-order valence-corrected chi connectivity index (χ2v) is 10.8. The van der Waals surface area contributed by atoms with Gasteiger partial charge in [0.25, 0.3) is 0 Å². The molecule has 32 heavy (non-hydrogen) atoms. The first-order chi connectivity index (χ1) is 15.0. The Labute approximate surface area is 207 Å². The van der Waals surface area contributed by atoms with E-state index in [9.17, 15) is 9.59 Å². The minimum atomic E-state index is -0.955. The molecule has 1 aromatic carbocycles. The van der Waals surface area contributed by atoms with E-state index in [1.54, 1.807) is 0 Å². The Morgan fingerprint density at radius 1 is 0.875 bits per heavy atom. The van der Waals surface area contributed by atoms with Gasteiger partial charge in [0, 0.05) is 0 Å². The molecular weight excluding hydrogens is 536 g/mol. The molecule has 0 atom stereocenters. The molecule has 0 bridgehead atoms. The molecule has 0 aliphatic rings. The van der Waals surface area contributed by atoms with E-state index in [-0.39, 0.29) is 11.8 Å². The van der Waals surface area contributed by atoms with Crippen molar-refractivity contribution in [2.75, 3.05) is 10.6 Å². The van der Waals surface area contributed by atoms with Gasteiger partial charge in [-0.05, 0) is 41.6 Å².